The topological polar surface area (TPSA) is 0 Å². The predicted molar refractivity (Wildman–Crippen MR) is 49.3 cm³/mol. The first kappa shape index (κ1) is 12.4. The van der Waals surface area contributed by atoms with Gasteiger partial charge < -0.3 is 0 Å². The monoisotopic (exact) mass is 329 g/mol. The number of hydrogen-bond donors (Lipinski definition) is 0. The summed E-state index contributed by atoms with van der Waals surface area (Å²) in [4.78, 5) is 0. The standard InChI is InChI=1S/C11H17.Hf/c1-4-9-7-8-10(5-2)11(9)6-3;/h4-7H2,1-3H3;/q-1;. The van der Waals surface area contributed by atoms with E-state index in [-0.39, 0.29) is 25.8 Å². The van der Waals surface area contributed by atoms with Gasteiger partial charge in [-0.05, 0) is 0 Å². The zero-order chi connectivity index (χ0) is 8.27. The van der Waals surface area contributed by atoms with E-state index in [0.717, 1.165) is 12.8 Å². The van der Waals surface area contributed by atoms with Crippen molar-refractivity contribution in [2.45, 2.75) is 46.5 Å². The molecule has 0 fully saturated rings. The summed E-state index contributed by atoms with van der Waals surface area (Å²) in [6.45, 7) is 6.70. The van der Waals surface area contributed by atoms with Crippen LogP contribution < -0.4 is 0 Å². The van der Waals surface area contributed by atoms with Crippen molar-refractivity contribution >= 4 is 0 Å². The minimum absolute atomic E-state index is 0. The third kappa shape index (κ3) is 2.42. The van der Waals surface area contributed by atoms with Crippen molar-refractivity contribution in [1.29, 1.82) is 0 Å². The molecule has 0 saturated heterocycles. The fourth-order valence-corrected chi connectivity index (χ4v) is 1.78. The van der Waals surface area contributed by atoms with Crippen molar-refractivity contribution in [2.24, 2.45) is 0 Å². The van der Waals surface area contributed by atoms with Gasteiger partial charge >= 0.3 is 0 Å². The van der Waals surface area contributed by atoms with Gasteiger partial charge in [0.25, 0.3) is 0 Å². The van der Waals surface area contributed by atoms with Gasteiger partial charge in [0.1, 0.15) is 0 Å². The molecule has 0 aromatic carbocycles. The molecule has 0 aliphatic heterocycles. The molecule has 0 bridgehead atoms. The summed E-state index contributed by atoms with van der Waals surface area (Å²) in [6, 6.07) is 0. The van der Waals surface area contributed by atoms with Crippen LogP contribution in [0.2, 0.25) is 0 Å². The zero-order valence-corrected chi connectivity index (χ0v) is 11.9. The maximum Gasteiger partial charge on any atom is 0 e. The molecule has 0 aromatic heterocycles. The van der Waals surface area contributed by atoms with E-state index in [1.54, 1.807) is 11.1 Å². The molecule has 1 aliphatic rings. The van der Waals surface area contributed by atoms with Crippen molar-refractivity contribution in [3.05, 3.63) is 22.8 Å². The fraction of sp³-hybridized carbons (Fsp3) is 0.636. The predicted octanol–water partition coefficient (Wildman–Crippen LogP) is 3.64. The van der Waals surface area contributed by atoms with E-state index in [4.69, 9.17) is 0 Å². The summed E-state index contributed by atoms with van der Waals surface area (Å²) >= 11 is 0. The van der Waals surface area contributed by atoms with Gasteiger partial charge in [0.2, 0.25) is 0 Å². The first-order chi connectivity index (χ1) is 5.33. The summed E-state index contributed by atoms with van der Waals surface area (Å²) in [6.07, 6.45) is 8.11. The smallest absolute Gasteiger partial charge is 0 e. The summed E-state index contributed by atoms with van der Waals surface area (Å²) < 4.78 is 0. The maximum atomic E-state index is 3.45. The van der Waals surface area contributed by atoms with Crippen molar-refractivity contribution in [1.82, 2.24) is 0 Å². The zero-order valence-electron chi connectivity index (χ0n) is 8.33. The van der Waals surface area contributed by atoms with E-state index >= 15 is 0 Å². The van der Waals surface area contributed by atoms with E-state index < -0.39 is 0 Å². The molecular weight excluding hydrogens is 311 g/mol. The summed E-state index contributed by atoms with van der Waals surface area (Å²) in [7, 11) is 0. The average molecular weight is 328 g/mol. The number of allylic oxidation sites excluding steroid dienone is 4. The molecular formula is C11H17Hf-. The summed E-state index contributed by atoms with van der Waals surface area (Å²) in [5, 5.41) is 0. The van der Waals surface area contributed by atoms with Crippen LogP contribution in [0.15, 0.2) is 16.7 Å². The average Bonchev–Trinajstić information content (AvgIpc) is 2.45. The molecule has 0 unspecified atom stereocenters. The molecule has 1 heteroatoms. The van der Waals surface area contributed by atoms with Crippen LogP contribution in [-0.4, -0.2) is 0 Å². The van der Waals surface area contributed by atoms with Crippen LogP contribution in [0.5, 0.6) is 0 Å². The first-order valence-corrected chi connectivity index (χ1v) is 4.64. The second-order valence-electron chi connectivity index (χ2n) is 2.97. The SMILES string of the molecule is CCC1=[C-]CC(CC)=C1CC.[Hf]. The maximum absolute atomic E-state index is 3.45. The third-order valence-corrected chi connectivity index (χ3v) is 2.44. The Morgan fingerprint density at radius 2 is 1.75 bits per heavy atom. The normalized spacial score (nSPS) is 16.1. The van der Waals surface area contributed by atoms with Gasteiger partial charge in [-0.2, -0.15) is 11.1 Å². The second kappa shape index (κ2) is 5.90. The summed E-state index contributed by atoms with van der Waals surface area (Å²) in [5.41, 5.74) is 4.68. The van der Waals surface area contributed by atoms with Crippen LogP contribution >= 0.6 is 0 Å². The van der Waals surface area contributed by atoms with E-state index in [1.807, 2.05) is 0 Å². The third-order valence-electron chi connectivity index (χ3n) is 2.44. The molecule has 0 saturated carbocycles. The van der Waals surface area contributed by atoms with E-state index in [2.05, 4.69) is 26.8 Å². The minimum Gasteiger partial charge on any atom is -0.269 e. The molecule has 1 aliphatic carbocycles. The Bertz CT molecular complexity index is 199. The van der Waals surface area contributed by atoms with Gasteiger partial charge in [-0.3, -0.25) is 6.08 Å². The number of rotatable bonds is 3. The first-order valence-electron chi connectivity index (χ1n) is 4.64. The van der Waals surface area contributed by atoms with Crippen LogP contribution in [0.4, 0.5) is 0 Å². The van der Waals surface area contributed by atoms with Gasteiger partial charge in [-0.15, -0.1) is 6.42 Å². The Balaban J connectivity index is 0.00000121. The van der Waals surface area contributed by atoms with Crippen molar-refractivity contribution in [3.8, 4) is 0 Å². The van der Waals surface area contributed by atoms with Crippen LogP contribution in [0, 0.1) is 6.08 Å². The molecule has 0 aromatic rings. The molecule has 0 atom stereocenters. The van der Waals surface area contributed by atoms with Crippen LogP contribution in [-0.2, 0) is 25.8 Å². The minimum atomic E-state index is 0. The van der Waals surface area contributed by atoms with Gasteiger partial charge in [0, 0.05) is 25.8 Å². The molecule has 0 amide bonds. The summed E-state index contributed by atoms with van der Waals surface area (Å²) in [5.74, 6) is 0. The van der Waals surface area contributed by atoms with E-state index in [0.29, 0.717) is 0 Å². The van der Waals surface area contributed by atoms with Crippen molar-refractivity contribution in [2.75, 3.05) is 0 Å². The second-order valence-corrected chi connectivity index (χ2v) is 2.97. The van der Waals surface area contributed by atoms with Crippen molar-refractivity contribution < 1.29 is 25.8 Å². The van der Waals surface area contributed by atoms with Gasteiger partial charge in [-0.25, -0.2) is 5.57 Å². The quantitative estimate of drug-likeness (QED) is 0.548. The van der Waals surface area contributed by atoms with Crippen LogP contribution in [0.1, 0.15) is 46.5 Å². The Morgan fingerprint density at radius 1 is 1.08 bits per heavy atom. The molecule has 0 nitrogen and oxygen atoms in total. The Hall–Kier alpha value is 0.350. The molecule has 12 heavy (non-hydrogen) atoms. The van der Waals surface area contributed by atoms with Gasteiger partial charge in [0.05, 0.1) is 0 Å². The Morgan fingerprint density at radius 3 is 2.17 bits per heavy atom. The molecule has 0 N–H and O–H groups in total. The molecule has 0 heterocycles. The Labute approximate surface area is 94.9 Å². The van der Waals surface area contributed by atoms with E-state index in [1.165, 1.54) is 18.4 Å². The number of hydrogen-bond acceptors (Lipinski definition) is 0. The molecule has 1 rings (SSSR count). The largest absolute Gasteiger partial charge is 0.269 e. The van der Waals surface area contributed by atoms with Crippen LogP contribution in [0.3, 0.4) is 0 Å². The molecule has 0 spiro atoms. The van der Waals surface area contributed by atoms with Crippen molar-refractivity contribution in [3.63, 3.8) is 0 Å². The Kier molecular flexibility index (Phi) is 6.08. The van der Waals surface area contributed by atoms with E-state index in [9.17, 15) is 0 Å². The fourth-order valence-electron chi connectivity index (χ4n) is 1.78. The van der Waals surface area contributed by atoms with Crippen LogP contribution in [0.25, 0.3) is 0 Å². The van der Waals surface area contributed by atoms with Gasteiger partial charge in [0.15, 0.2) is 0 Å². The molecule has 0 radical (unpaired) electrons. The van der Waals surface area contributed by atoms with Gasteiger partial charge in [-0.1, -0.05) is 40.0 Å². The molecule has 66 valence electrons.